The fourth-order valence-corrected chi connectivity index (χ4v) is 5.62. The minimum Gasteiger partial charge on any atom is -0.377 e. The number of carbonyl (C=O) groups is 5. The summed E-state index contributed by atoms with van der Waals surface area (Å²) in [7, 11) is 6.44. The summed E-state index contributed by atoms with van der Waals surface area (Å²) in [6.07, 6.45) is 1.38. The monoisotopic (exact) mass is 598 g/mol. The molecule has 0 spiro atoms. The first kappa shape index (κ1) is 39.6. The standard InChI is InChI=1S/C30H58N6O6/c1-19(2)14-15-24(28(42)34(11)25(21(5)6)26(40)31-10)35(12)30(18-38,16-20(3)4)36(13)27(41)22(7)32-29(9,17-37)33-23(8)39/h17-22,24-25,27,32,41H,14-16H2,1-13H3,(H,31,40)(H,33,39). The third-order valence-electron chi connectivity index (χ3n) is 7.84. The first-order valence-electron chi connectivity index (χ1n) is 14.9. The molecule has 6 atom stereocenters. The zero-order chi connectivity index (χ0) is 33.2. The van der Waals surface area contributed by atoms with Crippen LogP contribution in [0.2, 0.25) is 0 Å². The lowest BCUT2D eigenvalue weighted by molar-refractivity contribution is -0.170. The van der Waals surface area contributed by atoms with E-state index >= 15 is 0 Å². The number of aliphatic hydroxyl groups is 1. The van der Waals surface area contributed by atoms with Gasteiger partial charge in [-0.25, -0.2) is 0 Å². The van der Waals surface area contributed by atoms with E-state index < -0.39 is 41.6 Å². The molecule has 0 heterocycles. The number of amides is 3. The van der Waals surface area contributed by atoms with E-state index in [1.54, 1.807) is 33.0 Å². The first-order valence-corrected chi connectivity index (χ1v) is 14.9. The largest absolute Gasteiger partial charge is 0.377 e. The minimum absolute atomic E-state index is 0.0111. The van der Waals surface area contributed by atoms with Gasteiger partial charge in [0.05, 0.1) is 6.04 Å². The molecule has 0 saturated heterocycles. The molecule has 0 radical (unpaired) electrons. The van der Waals surface area contributed by atoms with Crippen LogP contribution in [0.5, 0.6) is 0 Å². The number of aliphatic hydroxyl groups excluding tert-OH is 1. The van der Waals surface area contributed by atoms with Crippen LogP contribution in [0.1, 0.15) is 81.6 Å². The molecular formula is C30H58N6O6. The van der Waals surface area contributed by atoms with Gasteiger partial charge in [0, 0.05) is 27.1 Å². The fourth-order valence-electron chi connectivity index (χ4n) is 5.62. The molecule has 0 rings (SSSR count). The molecule has 0 fully saturated rings. The maximum absolute atomic E-state index is 14.2. The van der Waals surface area contributed by atoms with E-state index in [0.717, 1.165) is 6.29 Å². The van der Waals surface area contributed by atoms with E-state index in [2.05, 4.69) is 29.8 Å². The summed E-state index contributed by atoms with van der Waals surface area (Å²) >= 11 is 0. The van der Waals surface area contributed by atoms with Crippen molar-refractivity contribution in [1.82, 2.24) is 30.7 Å². The summed E-state index contributed by atoms with van der Waals surface area (Å²) in [5, 5.41) is 19.7. The van der Waals surface area contributed by atoms with Crippen molar-refractivity contribution in [2.45, 2.75) is 117 Å². The van der Waals surface area contributed by atoms with E-state index in [4.69, 9.17) is 0 Å². The Hall–Kier alpha value is -2.41. The third-order valence-corrected chi connectivity index (χ3v) is 7.84. The van der Waals surface area contributed by atoms with E-state index in [1.165, 1.54) is 30.7 Å². The van der Waals surface area contributed by atoms with Crippen molar-refractivity contribution < 1.29 is 29.1 Å². The maximum Gasteiger partial charge on any atom is 0.242 e. The quantitative estimate of drug-likeness (QED) is 0.127. The number of hydrogen-bond acceptors (Lipinski definition) is 9. The highest BCUT2D eigenvalue weighted by atomic mass is 16.3. The smallest absolute Gasteiger partial charge is 0.242 e. The average molecular weight is 599 g/mol. The van der Waals surface area contributed by atoms with Crippen molar-refractivity contribution in [1.29, 1.82) is 0 Å². The molecule has 0 aromatic heterocycles. The first-order chi connectivity index (χ1) is 19.2. The molecule has 0 aliphatic heterocycles. The zero-order valence-corrected chi connectivity index (χ0v) is 28.1. The molecule has 244 valence electrons. The number of nitrogens with one attached hydrogen (secondary N) is 3. The van der Waals surface area contributed by atoms with Gasteiger partial charge >= 0.3 is 0 Å². The van der Waals surface area contributed by atoms with E-state index in [1.807, 2.05) is 27.7 Å². The van der Waals surface area contributed by atoms with Crippen LogP contribution in [0.15, 0.2) is 0 Å². The van der Waals surface area contributed by atoms with E-state index in [9.17, 15) is 29.1 Å². The lowest BCUT2D eigenvalue weighted by Crippen LogP contribution is -2.71. The normalized spacial score (nSPS) is 17.8. The van der Waals surface area contributed by atoms with Crippen molar-refractivity contribution in [3.63, 3.8) is 0 Å². The predicted octanol–water partition coefficient (Wildman–Crippen LogP) is 1.17. The summed E-state index contributed by atoms with van der Waals surface area (Å²) < 4.78 is 0. The number of rotatable bonds is 19. The SMILES string of the molecule is CNC(=O)C(C(C)C)N(C)C(=O)C(CCC(C)C)N(C)C(C=O)(CC(C)C)N(C)C(O)C(C)NC(C)(C=O)NC(C)=O. The molecule has 0 bridgehead atoms. The molecule has 42 heavy (non-hydrogen) atoms. The summed E-state index contributed by atoms with van der Waals surface area (Å²) in [6.45, 7) is 16.1. The number of hydrogen-bond donors (Lipinski definition) is 4. The molecule has 0 aliphatic rings. The van der Waals surface area contributed by atoms with Crippen molar-refractivity contribution in [3.05, 3.63) is 0 Å². The molecule has 4 N–H and O–H groups in total. The molecular weight excluding hydrogens is 540 g/mol. The Bertz CT molecular complexity index is 915. The zero-order valence-electron chi connectivity index (χ0n) is 28.1. The van der Waals surface area contributed by atoms with Crippen LogP contribution in [0.3, 0.4) is 0 Å². The Balaban J connectivity index is 6.79. The highest BCUT2D eigenvalue weighted by Gasteiger charge is 2.48. The van der Waals surface area contributed by atoms with Crippen LogP contribution in [0.25, 0.3) is 0 Å². The highest BCUT2D eigenvalue weighted by Crippen LogP contribution is 2.31. The van der Waals surface area contributed by atoms with Gasteiger partial charge in [0.1, 0.15) is 23.6 Å². The fraction of sp³-hybridized carbons (Fsp3) is 0.833. The molecule has 3 amide bonds. The van der Waals surface area contributed by atoms with Crippen molar-refractivity contribution in [2.75, 3.05) is 28.2 Å². The lowest BCUT2D eigenvalue weighted by Gasteiger charge is -2.51. The van der Waals surface area contributed by atoms with Gasteiger partial charge in [-0.1, -0.05) is 41.5 Å². The Labute approximate surface area is 253 Å². The number of nitrogens with zero attached hydrogens (tertiary/aromatic N) is 3. The summed E-state index contributed by atoms with van der Waals surface area (Å²) in [4.78, 5) is 68.3. The van der Waals surface area contributed by atoms with Gasteiger partial charge in [-0.15, -0.1) is 0 Å². The Kier molecular flexibility index (Phi) is 16.1. The van der Waals surface area contributed by atoms with Gasteiger partial charge in [0.2, 0.25) is 17.7 Å². The van der Waals surface area contributed by atoms with Crippen LogP contribution in [-0.4, -0.2) is 114 Å². The molecule has 0 aromatic rings. The predicted molar refractivity (Wildman–Crippen MR) is 164 cm³/mol. The Morgan fingerprint density at radius 1 is 0.881 bits per heavy atom. The van der Waals surface area contributed by atoms with Gasteiger partial charge < -0.3 is 20.6 Å². The maximum atomic E-state index is 14.2. The number of aldehydes is 2. The Morgan fingerprint density at radius 3 is 1.81 bits per heavy atom. The number of likely N-dealkylation sites (N-methyl/N-ethyl adjacent to an activating group) is 4. The lowest BCUT2D eigenvalue weighted by atomic mass is 9.90. The third kappa shape index (κ3) is 10.4. The van der Waals surface area contributed by atoms with E-state index in [0.29, 0.717) is 19.1 Å². The summed E-state index contributed by atoms with van der Waals surface area (Å²) in [5.41, 5.74) is -2.89. The highest BCUT2D eigenvalue weighted by molar-refractivity contribution is 5.90. The van der Waals surface area contributed by atoms with Crippen molar-refractivity contribution >= 4 is 30.3 Å². The van der Waals surface area contributed by atoms with Gasteiger partial charge in [-0.05, 0) is 65.0 Å². The second-order valence-electron chi connectivity index (χ2n) is 12.9. The van der Waals surface area contributed by atoms with Gasteiger partial charge in [0.15, 0.2) is 12.6 Å². The average Bonchev–Trinajstić information content (AvgIpc) is 2.89. The van der Waals surface area contributed by atoms with Crippen LogP contribution in [-0.2, 0) is 24.0 Å². The van der Waals surface area contributed by atoms with Gasteiger partial charge in [0.25, 0.3) is 0 Å². The van der Waals surface area contributed by atoms with Crippen LogP contribution in [0.4, 0.5) is 0 Å². The van der Waals surface area contributed by atoms with Crippen molar-refractivity contribution in [2.24, 2.45) is 17.8 Å². The van der Waals surface area contributed by atoms with Crippen LogP contribution in [0, 0.1) is 17.8 Å². The van der Waals surface area contributed by atoms with Crippen molar-refractivity contribution in [3.8, 4) is 0 Å². The summed E-state index contributed by atoms with van der Waals surface area (Å²) in [6, 6.07) is -2.29. The number of carbonyl (C=O) groups excluding carboxylic acids is 5. The van der Waals surface area contributed by atoms with Gasteiger partial charge in [-0.3, -0.25) is 39.1 Å². The molecule has 0 aromatic carbocycles. The molecule has 0 aliphatic carbocycles. The minimum atomic E-state index is -1.45. The second-order valence-corrected chi connectivity index (χ2v) is 12.9. The van der Waals surface area contributed by atoms with Crippen LogP contribution < -0.4 is 16.0 Å². The second kappa shape index (κ2) is 17.0. The topological polar surface area (TPSA) is 151 Å². The van der Waals surface area contributed by atoms with Crippen LogP contribution >= 0.6 is 0 Å². The molecule has 12 nitrogen and oxygen atoms in total. The Morgan fingerprint density at radius 2 is 1.43 bits per heavy atom. The molecule has 6 unspecified atom stereocenters. The summed E-state index contributed by atoms with van der Waals surface area (Å²) in [5.74, 6) is -0.905. The van der Waals surface area contributed by atoms with E-state index in [-0.39, 0.29) is 36.0 Å². The molecule has 0 saturated carbocycles. The molecule has 12 heteroatoms. The van der Waals surface area contributed by atoms with Gasteiger partial charge in [-0.2, -0.15) is 0 Å².